The van der Waals surface area contributed by atoms with E-state index in [-0.39, 0.29) is 17.9 Å². The number of ether oxygens (including phenoxy) is 1. The van der Waals surface area contributed by atoms with E-state index < -0.39 is 11.6 Å². The van der Waals surface area contributed by atoms with Gasteiger partial charge >= 0.3 is 0 Å². The molecule has 0 heterocycles. The summed E-state index contributed by atoms with van der Waals surface area (Å²) in [6.07, 6.45) is 1.72. The van der Waals surface area contributed by atoms with E-state index in [0.29, 0.717) is 12.5 Å². The lowest BCUT2D eigenvalue weighted by atomic mass is 10.1. The SMILES string of the molecule is CC(C)CCCOc1c(F)cc(CO)cc1F. The molecule has 0 aliphatic rings. The van der Waals surface area contributed by atoms with Gasteiger partial charge in [0, 0.05) is 0 Å². The van der Waals surface area contributed by atoms with Crippen LogP contribution < -0.4 is 4.74 Å². The molecule has 0 aliphatic heterocycles. The van der Waals surface area contributed by atoms with Crippen LogP contribution in [-0.2, 0) is 6.61 Å². The average molecular weight is 244 g/mol. The van der Waals surface area contributed by atoms with Crippen molar-refractivity contribution in [1.29, 1.82) is 0 Å². The Hall–Kier alpha value is -1.16. The highest BCUT2D eigenvalue weighted by atomic mass is 19.1. The van der Waals surface area contributed by atoms with Gasteiger partial charge < -0.3 is 9.84 Å². The monoisotopic (exact) mass is 244 g/mol. The number of hydrogen-bond acceptors (Lipinski definition) is 2. The van der Waals surface area contributed by atoms with Crippen molar-refractivity contribution in [1.82, 2.24) is 0 Å². The maximum Gasteiger partial charge on any atom is 0.190 e. The quantitative estimate of drug-likeness (QED) is 0.778. The van der Waals surface area contributed by atoms with Crippen LogP contribution in [0, 0.1) is 17.6 Å². The van der Waals surface area contributed by atoms with E-state index in [1.165, 1.54) is 0 Å². The van der Waals surface area contributed by atoms with Crippen molar-refractivity contribution in [2.45, 2.75) is 33.3 Å². The van der Waals surface area contributed by atoms with Crippen LogP contribution in [0.3, 0.4) is 0 Å². The van der Waals surface area contributed by atoms with Gasteiger partial charge in [-0.15, -0.1) is 0 Å². The Labute approximate surface area is 100 Å². The highest BCUT2D eigenvalue weighted by Crippen LogP contribution is 2.23. The highest BCUT2D eigenvalue weighted by Gasteiger charge is 2.12. The first-order valence-corrected chi connectivity index (χ1v) is 5.76. The van der Waals surface area contributed by atoms with E-state index in [0.717, 1.165) is 25.0 Å². The van der Waals surface area contributed by atoms with Gasteiger partial charge in [-0.05, 0) is 36.5 Å². The first kappa shape index (κ1) is 13.9. The number of hydrogen-bond donors (Lipinski definition) is 1. The summed E-state index contributed by atoms with van der Waals surface area (Å²) in [6, 6.07) is 2.17. The van der Waals surface area contributed by atoms with Crippen LogP contribution in [0.4, 0.5) is 8.78 Å². The van der Waals surface area contributed by atoms with Gasteiger partial charge in [0.2, 0.25) is 0 Å². The lowest BCUT2D eigenvalue weighted by molar-refractivity contribution is 0.264. The first-order valence-electron chi connectivity index (χ1n) is 5.76. The Bertz CT molecular complexity index is 341. The summed E-state index contributed by atoms with van der Waals surface area (Å²) >= 11 is 0. The minimum atomic E-state index is -0.765. The molecule has 1 N–H and O–H groups in total. The fraction of sp³-hybridized carbons (Fsp3) is 0.538. The van der Waals surface area contributed by atoms with Gasteiger partial charge in [0.25, 0.3) is 0 Å². The zero-order valence-corrected chi connectivity index (χ0v) is 10.2. The molecule has 0 atom stereocenters. The zero-order chi connectivity index (χ0) is 12.8. The fourth-order valence-corrected chi connectivity index (χ4v) is 1.51. The fourth-order valence-electron chi connectivity index (χ4n) is 1.51. The van der Waals surface area contributed by atoms with E-state index in [9.17, 15) is 8.78 Å². The van der Waals surface area contributed by atoms with Crippen LogP contribution >= 0.6 is 0 Å². The van der Waals surface area contributed by atoms with Crippen molar-refractivity contribution in [3.8, 4) is 5.75 Å². The Kier molecular flexibility index (Phi) is 5.35. The van der Waals surface area contributed by atoms with Gasteiger partial charge in [-0.25, -0.2) is 8.78 Å². The maximum absolute atomic E-state index is 13.4. The molecule has 2 nitrogen and oxygen atoms in total. The van der Waals surface area contributed by atoms with Crippen LogP contribution in [0.1, 0.15) is 32.3 Å². The van der Waals surface area contributed by atoms with E-state index >= 15 is 0 Å². The van der Waals surface area contributed by atoms with E-state index in [4.69, 9.17) is 9.84 Å². The molecular formula is C13H18F2O2. The summed E-state index contributed by atoms with van der Waals surface area (Å²) in [5, 5.41) is 8.78. The molecule has 0 spiro atoms. The summed E-state index contributed by atoms with van der Waals surface area (Å²) in [5.41, 5.74) is 0.203. The molecule has 1 rings (SSSR count). The molecule has 96 valence electrons. The Morgan fingerprint density at radius 2 is 1.82 bits per heavy atom. The second-order valence-electron chi connectivity index (χ2n) is 4.43. The maximum atomic E-state index is 13.4. The third kappa shape index (κ3) is 4.30. The molecule has 0 amide bonds. The van der Waals surface area contributed by atoms with E-state index in [2.05, 4.69) is 13.8 Å². The Balaban J connectivity index is 2.59. The van der Waals surface area contributed by atoms with Crippen molar-refractivity contribution >= 4 is 0 Å². The van der Waals surface area contributed by atoms with Gasteiger partial charge in [0.1, 0.15) is 0 Å². The molecule has 0 saturated heterocycles. The van der Waals surface area contributed by atoms with Crippen LogP contribution in [-0.4, -0.2) is 11.7 Å². The van der Waals surface area contributed by atoms with Gasteiger partial charge in [-0.3, -0.25) is 0 Å². The van der Waals surface area contributed by atoms with E-state index in [1.807, 2.05) is 0 Å². The molecule has 0 radical (unpaired) electrons. The molecular weight excluding hydrogens is 226 g/mol. The molecule has 0 fully saturated rings. The molecule has 0 unspecified atom stereocenters. The molecule has 0 saturated carbocycles. The smallest absolute Gasteiger partial charge is 0.190 e. The normalized spacial score (nSPS) is 10.9. The molecule has 17 heavy (non-hydrogen) atoms. The van der Waals surface area contributed by atoms with Crippen molar-refractivity contribution in [3.05, 3.63) is 29.3 Å². The lowest BCUT2D eigenvalue weighted by Crippen LogP contribution is -2.04. The molecule has 1 aromatic rings. The molecule has 0 aromatic heterocycles. The van der Waals surface area contributed by atoms with Crippen molar-refractivity contribution in [2.24, 2.45) is 5.92 Å². The number of benzene rings is 1. The predicted molar refractivity (Wildman–Crippen MR) is 61.8 cm³/mol. The van der Waals surface area contributed by atoms with Crippen LogP contribution in [0.15, 0.2) is 12.1 Å². The first-order chi connectivity index (χ1) is 8.04. The third-order valence-corrected chi connectivity index (χ3v) is 2.41. The Morgan fingerprint density at radius 3 is 2.29 bits per heavy atom. The highest BCUT2D eigenvalue weighted by molar-refractivity contribution is 5.31. The standard InChI is InChI=1S/C13H18F2O2/c1-9(2)4-3-5-17-13-11(14)6-10(8-16)7-12(13)15/h6-7,9,16H,3-5,8H2,1-2H3. The predicted octanol–water partition coefficient (Wildman–Crippen LogP) is 3.27. The van der Waals surface area contributed by atoms with Crippen LogP contribution in [0.25, 0.3) is 0 Å². The van der Waals surface area contributed by atoms with Gasteiger partial charge in [-0.1, -0.05) is 13.8 Å². The van der Waals surface area contributed by atoms with Crippen molar-refractivity contribution in [3.63, 3.8) is 0 Å². The summed E-state index contributed by atoms with van der Waals surface area (Å²) in [6.45, 7) is 4.07. The van der Waals surface area contributed by atoms with Crippen molar-refractivity contribution in [2.75, 3.05) is 6.61 Å². The largest absolute Gasteiger partial charge is 0.488 e. The van der Waals surface area contributed by atoms with E-state index in [1.54, 1.807) is 0 Å². The molecule has 0 aliphatic carbocycles. The number of halogens is 2. The minimum Gasteiger partial charge on any atom is -0.488 e. The number of aliphatic hydroxyl groups is 1. The molecule has 4 heteroatoms. The second kappa shape index (κ2) is 6.55. The lowest BCUT2D eigenvalue weighted by Gasteiger charge is -2.10. The number of aliphatic hydroxyl groups excluding tert-OH is 1. The molecule has 0 bridgehead atoms. The summed E-state index contributed by atoms with van der Waals surface area (Å²) in [7, 11) is 0. The topological polar surface area (TPSA) is 29.5 Å². The second-order valence-corrected chi connectivity index (χ2v) is 4.43. The average Bonchev–Trinajstić information content (AvgIpc) is 2.26. The minimum absolute atomic E-state index is 0.203. The zero-order valence-electron chi connectivity index (χ0n) is 10.2. The Morgan fingerprint density at radius 1 is 1.24 bits per heavy atom. The summed E-state index contributed by atoms with van der Waals surface area (Å²) in [5.74, 6) is -1.34. The third-order valence-electron chi connectivity index (χ3n) is 2.41. The summed E-state index contributed by atoms with van der Waals surface area (Å²) in [4.78, 5) is 0. The van der Waals surface area contributed by atoms with Gasteiger partial charge in [0.05, 0.1) is 13.2 Å². The van der Waals surface area contributed by atoms with Crippen LogP contribution in [0.2, 0.25) is 0 Å². The van der Waals surface area contributed by atoms with Crippen molar-refractivity contribution < 1.29 is 18.6 Å². The summed E-state index contributed by atoms with van der Waals surface area (Å²) < 4.78 is 31.9. The number of rotatable bonds is 6. The molecule has 1 aromatic carbocycles. The van der Waals surface area contributed by atoms with Gasteiger partial charge in [-0.2, -0.15) is 0 Å². The van der Waals surface area contributed by atoms with Crippen LogP contribution in [0.5, 0.6) is 5.75 Å². The van der Waals surface area contributed by atoms with Gasteiger partial charge in [0.15, 0.2) is 17.4 Å².